The summed E-state index contributed by atoms with van der Waals surface area (Å²) >= 11 is 7.58. The number of β-amino-alcohol motifs (C(OH)–C–C–N with tert-alkyl or cyclic N) is 1. The van der Waals surface area contributed by atoms with Crippen molar-refractivity contribution in [2.24, 2.45) is 5.92 Å². The molecule has 4 rings (SSSR count). The van der Waals surface area contributed by atoms with E-state index in [9.17, 15) is 5.11 Å². The fourth-order valence-electron chi connectivity index (χ4n) is 3.99. The van der Waals surface area contributed by atoms with Gasteiger partial charge in [0, 0.05) is 18.1 Å². The minimum Gasteiger partial charge on any atom is -0.387 e. The van der Waals surface area contributed by atoms with E-state index in [0.717, 1.165) is 53.3 Å². The van der Waals surface area contributed by atoms with Crippen LogP contribution >= 0.6 is 47.8 Å². The Morgan fingerprint density at radius 2 is 1.80 bits per heavy atom. The van der Waals surface area contributed by atoms with Gasteiger partial charge in [0.15, 0.2) is 4.80 Å². The van der Waals surface area contributed by atoms with Crippen LogP contribution in [0.15, 0.2) is 42.5 Å². The molecular formula is C22H28Cl3N3OS. The van der Waals surface area contributed by atoms with Gasteiger partial charge < -0.3 is 14.6 Å². The van der Waals surface area contributed by atoms with E-state index in [4.69, 9.17) is 17.0 Å². The van der Waals surface area contributed by atoms with Crippen molar-refractivity contribution in [1.29, 1.82) is 5.41 Å². The Bertz CT molecular complexity index is 1010. The molecule has 0 unspecified atom stereocenters. The Morgan fingerprint density at radius 1 is 1.13 bits per heavy atom. The second-order valence-corrected chi connectivity index (χ2v) is 9.27. The monoisotopic (exact) mass is 487 g/mol. The molecule has 1 aliphatic rings. The summed E-state index contributed by atoms with van der Waals surface area (Å²) in [5, 5.41) is 19.6. The van der Waals surface area contributed by atoms with Crippen molar-refractivity contribution >= 4 is 58.0 Å². The van der Waals surface area contributed by atoms with E-state index in [1.165, 1.54) is 16.9 Å². The first kappa shape index (κ1) is 25.2. The summed E-state index contributed by atoms with van der Waals surface area (Å²) in [7, 11) is 0. The standard InChI is InChI=1S/C22H26ClN3OS.2ClH/c1-15-2-4-17(5-3-15)20(27)14-25-10-8-16(9-11-25)13-26-19-7-6-18(23)12-21(19)28-22(26)24;;/h2-7,12,16,20,24,27H,8-11,13-14H2,1H3;2*1H/t20-;;/m1../s1. The van der Waals surface area contributed by atoms with Crippen molar-refractivity contribution in [1.82, 2.24) is 9.47 Å². The highest BCUT2D eigenvalue weighted by atomic mass is 35.5. The lowest BCUT2D eigenvalue weighted by Gasteiger charge is -2.33. The van der Waals surface area contributed by atoms with Crippen molar-refractivity contribution in [3.63, 3.8) is 0 Å². The van der Waals surface area contributed by atoms with Gasteiger partial charge in [0.05, 0.1) is 16.3 Å². The summed E-state index contributed by atoms with van der Waals surface area (Å²) in [4.78, 5) is 2.95. The predicted octanol–water partition coefficient (Wildman–Crippen LogP) is 5.43. The van der Waals surface area contributed by atoms with Gasteiger partial charge in [-0.05, 0) is 62.5 Å². The van der Waals surface area contributed by atoms with Crippen molar-refractivity contribution in [2.45, 2.75) is 32.4 Å². The molecule has 1 fully saturated rings. The van der Waals surface area contributed by atoms with Crippen LogP contribution in [0.5, 0.6) is 0 Å². The van der Waals surface area contributed by atoms with Gasteiger partial charge in [-0.1, -0.05) is 52.8 Å². The van der Waals surface area contributed by atoms with Gasteiger partial charge >= 0.3 is 0 Å². The van der Waals surface area contributed by atoms with E-state index in [0.29, 0.717) is 17.3 Å². The first-order valence-corrected chi connectivity index (χ1v) is 11.0. The molecule has 1 atom stereocenters. The normalized spacial score (nSPS) is 16.1. The molecule has 4 nitrogen and oxygen atoms in total. The number of aliphatic hydroxyl groups excluding tert-OH is 1. The van der Waals surface area contributed by atoms with Crippen LogP contribution in [-0.2, 0) is 6.54 Å². The Morgan fingerprint density at radius 3 is 2.47 bits per heavy atom. The summed E-state index contributed by atoms with van der Waals surface area (Å²) in [6.07, 6.45) is 1.76. The number of nitrogens with zero attached hydrogens (tertiary/aromatic N) is 2. The number of aryl methyl sites for hydroxylation is 1. The summed E-state index contributed by atoms with van der Waals surface area (Å²) in [6.45, 7) is 5.62. The number of halogens is 3. The van der Waals surface area contributed by atoms with E-state index < -0.39 is 6.10 Å². The zero-order valence-corrected chi connectivity index (χ0v) is 20.1. The number of aliphatic hydroxyl groups is 1. The van der Waals surface area contributed by atoms with Gasteiger partial charge in [0.25, 0.3) is 0 Å². The summed E-state index contributed by atoms with van der Waals surface area (Å²) < 4.78 is 3.20. The third-order valence-electron chi connectivity index (χ3n) is 5.71. The maximum absolute atomic E-state index is 10.5. The molecule has 30 heavy (non-hydrogen) atoms. The number of fused-ring (bicyclic) bond motifs is 1. The third kappa shape index (κ3) is 5.78. The maximum atomic E-state index is 10.5. The van der Waals surface area contributed by atoms with E-state index in [2.05, 4.69) is 28.5 Å². The number of nitrogens with one attached hydrogen (secondary N) is 1. The van der Waals surface area contributed by atoms with Gasteiger partial charge in [0.2, 0.25) is 0 Å². The average molecular weight is 489 g/mol. The summed E-state index contributed by atoms with van der Waals surface area (Å²) in [6, 6.07) is 14.0. The summed E-state index contributed by atoms with van der Waals surface area (Å²) in [5.41, 5.74) is 3.31. The molecule has 0 aliphatic carbocycles. The molecule has 1 aliphatic heterocycles. The molecule has 164 valence electrons. The van der Waals surface area contributed by atoms with Crippen LogP contribution in [-0.4, -0.2) is 34.2 Å². The van der Waals surface area contributed by atoms with Gasteiger partial charge in [-0.3, -0.25) is 5.41 Å². The smallest absolute Gasteiger partial charge is 0.182 e. The lowest BCUT2D eigenvalue weighted by atomic mass is 9.96. The number of hydrogen-bond acceptors (Lipinski definition) is 4. The molecule has 2 heterocycles. The van der Waals surface area contributed by atoms with Crippen LogP contribution in [0.3, 0.4) is 0 Å². The van der Waals surface area contributed by atoms with Crippen LogP contribution < -0.4 is 4.80 Å². The molecule has 0 saturated carbocycles. The van der Waals surface area contributed by atoms with Crippen molar-refractivity contribution in [2.75, 3.05) is 19.6 Å². The molecular weight excluding hydrogens is 461 g/mol. The number of thiazole rings is 1. The second-order valence-electron chi connectivity index (χ2n) is 7.80. The Kier molecular flexibility index (Phi) is 9.22. The van der Waals surface area contributed by atoms with Crippen molar-refractivity contribution in [3.8, 4) is 0 Å². The molecule has 2 aromatic carbocycles. The molecule has 1 aromatic heterocycles. The number of hydrogen-bond donors (Lipinski definition) is 2. The summed E-state index contributed by atoms with van der Waals surface area (Å²) in [5.74, 6) is 0.565. The highest BCUT2D eigenvalue weighted by Gasteiger charge is 2.22. The minimum atomic E-state index is -0.433. The zero-order chi connectivity index (χ0) is 19.7. The van der Waals surface area contributed by atoms with E-state index in [1.807, 2.05) is 30.3 Å². The van der Waals surface area contributed by atoms with E-state index in [-0.39, 0.29) is 24.8 Å². The fourth-order valence-corrected chi connectivity index (χ4v) is 5.19. The van der Waals surface area contributed by atoms with Crippen LogP contribution in [0.25, 0.3) is 10.2 Å². The number of benzene rings is 2. The van der Waals surface area contributed by atoms with E-state index >= 15 is 0 Å². The Balaban J connectivity index is 0.00000160. The molecule has 0 radical (unpaired) electrons. The topological polar surface area (TPSA) is 52.2 Å². The highest BCUT2D eigenvalue weighted by Crippen LogP contribution is 2.26. The van der Waals surface area contributed by atoms with Gasteiger partial charge in [-0.2, -0.15) is 0 Å². The number of likely N-dealkylation sites (tertiary alicyclic amines) is 1. The largest absolute Gasteiger partial charge is 0.387 e. The van der Waals surface area contributed by atoms with Gasteiger partial charge in [-0.15, -0.1) is 24.8 Å². The maximum Gasteiger partial charge on any atom is 0.182 e. The first-order chi connectivity index (χ1) is 13.5. The first-order valence-electron chi connectivity index (χ1n) is 9.80. The number of rotatable bonds is 5. The SMILES string of the molecule is Cc1ccc([C@H](O)CN2CCC(Cn3c(=N)sc4cc(Cl)ccc43)CC2)cc1.Cl.Cl. The van der Waals surface area contributed by atoms with Crippen LogP contribution in [0.2, 0.25) is 5.02 Å². The van der Waals surface area contributed by atoms with Gasteiger partial charge in [0.1, 0.15) is 0 Å². The Labute approximate surface area is 198 Å². The van der Waals surface area contributed by atoms with Gasteiger partial charge in [-0.25, -0.2) is 0 Å². The second kappa shape index (κ2) is 11.0. The molecule has 3 aromatic rings. The van der Waals surface area contributed by atoms with Crippen LogP contribution in [0, 0.1) is 18.3 Å². The predicted molar refractivity (Wildman–Crippen MR) is 130 cm³/mol. The zero-order valence-electron chi connectivity index (χ0n) is 16.9. The van der Waals surface area contributed by atoms with Crippen LogP contribution in [0.1, 0.15) is 30.1 Å². The lowest BCUT2D eigenvalue weighted by molar-refractivity contribution is 0.0867. The van der Waals surface area contributed by atoms with Crippen LogP contribution in [0.4, 0.5) is 0 Å². The highest BCUT2D eigenvalue weighted by molar-refractivity contribution is 7.16. The Hall–Kier alpha value is -1.08. The molecule has 0 bridgehead atoms. The van der Waals surface area contributed by atoms with Crippen molar-refractivity contribution < 1.29 is 5.11 Å². The van der Waals surface area contributed by atoms with E-state index in [1.54, 1.807) is 0 Å². The number of piperidine rings is 1. The lowest BCUT2D eigenvalue weighted by Crippen LogP contribution is -2.38. The third-order valence-corrected chi connectivity index (χ3v) is 6.90. The molecule has 0 spiro atoms. The minimum absolute atomic E-state index is 0. The molecule has 2 N–H and O–H groups in total. The average Bonchev–Trinajstić information content (AvgIpc) is 2.98. The molecule has 1 saturated heterocycles. The quantitative estimate of drug-likeness (QED) is 0.503. The van der Waals surface area contributed by atoms with Crippen molar-refractivity contribution in [3.05, 3.63) is 63.4 Å². The molecule has 0 amide bonds. The number of aromatic nitrogens is 1. The fraction of sp³-hybridized carbons (Fsp3) is 0.409. The molecule has 8 heteroatoms.